The lowest BCUT2D eigenvalue weighted by Crippen LogP contribution is -2.40. The molecule has 1 heteroatoms. The second-order valence-corrected chi connectivity index (χ2v) is 5.88. The molecule has 13 heavy (non-hydrogen) atoms. The molecule has 1 aliphatic carbocycles. The lowest BCUT2D eigenvalue weighted by Gasteiger charge is -2.27. The van der Waals surface area contributed by atoms with E-state index in [1.165, 1.54) is 19.4 Å². The van der Waals surface area contributed by atoms with Crippen LogP contribution in [0.4, 0.5) is 0 Å². The first-order valence-electron chi connectivity index (χ1n) is 5.65. The average molecular weight is 183 g/mol. The van der Waals surface area contributed by atoms with Crippen molar-refractivity contribution in [3.8, 4) is 0 Å². The molecule has 1 saturated carbocycles. The first-order valence-corrected chi connectivity index (χ1v) is 5.65. The van der Waals surface area contributed by atoms with Gasteiger partial charge < -0.3 is 5.32 Å². The van der Waals surface area contributed by atoms with Gasteiger partial charge in [-0.25, -0.2) is 0 Å². The van der Waals surface area contributed by atoms with E-state index in [0.29, 0.717) is 0 Å². The largest absolute Gasteiger partial charge is 0.312 e. The van der Waals surface area contributed by atoms with Gasteiger partial charge in [0.25, 0.3) is 0 Å². The summed E-state index contributed by atoms with van der Waals surface area (Å²) in [5.74, 6) is 2.76. The Morgan fingerprint density at radius 1 is 1.23 bits per heavy atom. The molecule has 1 rings (SSSR count). The summed E-state index contributed by atoms with van der Waals surface area (Å²) in [5, 5.41) is 3.62. The standard InChI is InChI=1S/C12H25N/c1-9(2)11(10-6-7-10)8-13-12(3,4)5/h9-11,13H,6-8H2,1-5H3. The van der Waals surface area contributed by atoms with Gasteiger partial charge in [-0.3, -0.25) is 0 Å². The Labute approximate surface area is 83.3 Å². The molecule has 1 atom stereocenters. The zero-order valence-corrected chi connectivity index (χ0v) is 9.85. The fraction of sp³-hybridized carbons (Fsp3) is 1.00. The molecule has 0 spiro atoms. The summed E-state index contributed by atoms with van der Waals surface area (Å²) in [6, 6.07) is 0. The van der Waals surface area contributed by atoms with Gasteiger partial charge in [0.15, 0.2) is 0 Å². The van der Waals surface area contributed by atoms with Crippen molar-refractivity contribution < 1.29 is 0 Å². The maximum atomic E-state index is 3.62. The van der Waals surface area contributed by atoms with E-state index >= 15 is 0 Å². The van der Waals surface area contributed by atoms with E-state index in [1.54, 1.807) is 0 Å². The van der Waals surface area contributed by atoms with E-state index in [9.17, 15) is 0 Å². The number of nitrogens with one attached hydrogen (secondary N) is 1. The minimum absolute atomic E-state index is 0.280. The van der Waals surface area contributed by atoms with Crippen molar-refractivity contribution in [3.05, 3.63) is 0 Å². The molecule has 0 heterocycles. The van der Waals surface area contributed by atoms with Crippen LogP contribution in [0.15, 0.2) is 0 Å². The minimum Gasteiger partial charge on any atom is -0.312 e. The van der Waals surface area contributed by atoms with Crippen LogP contribution < -0.4 is 5.32 Å². The van der Waals surface area contributed by atoms with Crippen LogP contribution in [0.25, 0.3) is 0 Å². The molecule has 1 N–H and O–H groups in total. The van der Waals surface area contributed by atoms with E-state index in [-0.39, 0.29) is 5.54 Å². The van der Waals surface area contributed by atoms with Crippen LogP contribution in [0.3, 0.4) is 0 Å². The maximum absolute atomic E-state index is 3.62. The Morgan fingerprint density at radius 3 is 2.08 bits per heavy atom. The van der Waals surface area contributed by atoms with Crippen molar-refractivity contribution in [3.63, 3.8) is 0 Å². The van der Waals surface area contributed by atoms with E-state index in [0.717, 1.165) is 17.8 Å². The van der Waals surface area contributed by atoms with Crippen LogP contribution in [-0.4, -0.2) is 12.1 Å². The van der Waals surface area contributed by atoms with Gasteiger partial charge in [-0.15, -0.1) is 0 Å². The quantitative estimate of drug-likeness (QED) is 0.706. The first kappa shape index (κ1) is 11.0. The van der Waals surface area contributed by atoms with Crippen LogP contribution in [-0.2, 0) is 0 Å². The monoisotopic (exact) mass is 183 g/mol. The molecular weight excluding hydrogens is 158 g/mol. The molecule has 0 aliphatic heterocycles. The van der Waals surface area contributed by atoms with Gasteiger partial charge in [0.1, 0.15) is 0 Å². The van der Waals surface area contributed by atoms with E-state index in [1.807, 2.05) is 0 Å². The molecule has 1 fully saturated rings. The fourth-order valence-electron chi connectivity index (χ4n) is 1.90. The van der Waals surface area contributed by atoms with Gasteiger partial charge in [-0.2, -0.15) is 0 Å². The molecule has 0 amide bonds. The molecule has 0 radical (unpaired) electrons. The molecule has 0 aromatic carbocycles. The summed E-state index contributed by atoms with van der Waals surface area (Å²) in [4.78, 5) is 0. The smallest absolute Gasteiger partial charge is 0.00966 e. The molecule has 1 nitrogen and oxygen atoms in total. The third-order valence-corrected chi connectivity index (χ3v) is 2.95. The molecule has 0 aromatic rings. The highest BCUT2D eigenvalue weighted by molar-refractivity contribution is 4.86. The summed E-state index contributed by atoms with van der Waals surface area (Å²) < 4.78 is 0. The Kier molecular flexibility index (Phi) is 3.39. The zero-order valence-electron chi connectivity index (χ0n) is 9.85. The van der Waals surface area contributed by atoms with Gasteiger partial charge in [-0.1, -0.05) is 13.8 Å². The number of hydrogen-bond donors (Lipinski definition) is 1. The Balaban J connectivity index is 2.30. The summed E-state index contributed by atoms with van der Waals surface area (Å²) in [7, 11) is 0. The normalized spacial score (nSPS) is 20.8. The van der Waals surface area contributed by atoms with Crippen molar-refractivity contribution in [2.24, 2.45) is 17.8 Å². The van der Waals surface area contributed by atoms with Crippen molar-refractivity contribution in [1.29, 1.82) is 0 Å². The Bertz CT molecular complexity index is 149. The second-order valence-electron chi connectivity index (χ2n) is 5.88. The SMILES string of the molecule is CC(C)C(CNC(C)(C)C)C1CC1. The summed E-state index contributed by atoms with van der Waals surface area (Å²) in [5.41, 5.74) is 0.280. The molecular formula is C12H25N. The van der Waals surface area contributed by atoms with Gasteiger partial charge in [0.05, 0.1) is 0 Å². The topological polar surface area (TPSA) is 12.0 Å². The third-order valence-electron chi connectivity index (χ3n) is 2.95. The maximum Gasteiger partial charge on any atom is 0.00966 e. The van der Waals surface area contributed by atoms with Gasteiger partial charge >= 0.3 is 0 Å². The molecule has 0 bridgehead atoms. The lowest BCUT2D eigenvalue weighted by molar-refractivity contribution is 0.286. The Hall–Kier alpha value is -0.0400. The molecule has 0 saturated heterocycles. The highest BCUT2D eigenvalue weighted by Crippen LogP contribution is 2.40. The number of rotatable bonds is 4. The zero-order chi connectivity index (χ0) is 10.1. The number of hydrogen-bond acceptors (Lipinski definition) is 1. The molecule has 0 aromatic heterocycles. The van der Waals surface area contributed by atoms with Crippen LogP contribution in [0.5, 0.6) is 0 Å². The van der Waals surface area contributed by atoms with Crippen molar-refractivity contribution in [1.82, 2.24) is 5.32 Å². The van der Waals surface area contributed by atoms with Crippen LogP contribution in [0.2, 0.25) is 0 Å². The molecule has 78 valence electrons. The predicted molar refractivity (Wildman–Crippen MR) is 58.8 cm³/mol. The minimum atomic E-state index is 0.280. The Morgan fingerprint density at radius 2 is 1.77 bits per heavy atom. The average Bonchev–Trinajstić information content (AvgIpc) is 2.67. The fourth-order valence-corrected chi connectivity index (χ4v) is 1.90. The third kappa shape index (κ3) is 4.12. The van der Waals surface area contributed by atoms with E-state index < -0.39 is 0 Å². The van der Waals surface area contributed by atoms with Crippen molar-refractivity contribution in [2.45, 2.75) is 53.0 Å². The van der Waals surface area contributed by atoms with Crippen LogP contribution in [0.1, 0.15) is 47.5 Å². The molecule has 1 unspecified atom stereocenters. The lowest BCUT2D eigenvalue weighted by atomic mass is 9.90. The highest BCUT2D eigenvalue weighted by Gasteiger charge is 2.33. The summed E-state index contributed by atoms with van der Waals surface area (Å²) >= 11 is 0. The molecule has 1 aliphatic rings. The van der Waals surface area contributed by atoms with Crippen molar-refractivity contribution >= 4 is 0 Å². The van der Waals surface area contributed by atoms with Crippen LogP contribution in [0, 0.1) is 17.8 Å². The van der Waals surface area contributed by atoms with Gasteiger partial charge in [0, 0.05) is 5.54 Å². The first-order chi connectivity index (χ1) is 5.90. The van der Waals surface area contributed by atoms with E-state index in [4.69, 9.17) is 0 Å². The second kappa shape index (κ2) is 4.00. The predicted octanol–water partition coefficient (Wildman–Crippen LogP) is 3.06. The summed E-state index contributed by atoms with van der Waals surface area (Å²) in [6.07, 6.45) is 2.93. The van der Waals surface area contributed by atoms with Gasteiger partial charge in [0.2, 0.25) is 0 Å². The highest BCUT2D eigenvalue weighted by atomic mass is 14.9. The van der Waals surface area contributed by atoms with Crippen molar-refractivity contribution in [2.75, 3.05) is 6.54 Å². The van der Waals surface area contributed by atoms with E-state index in [2.05, 4.69) is 39.9 Å². The van der Waals surface area contributed by atoms with Gasteiger partial charge in [-0.05, 0) is 57.9 Å². The van der Waals surface area contributed by atoms with Crippen LogP contribution >= 0.6 is 0 Å². The summed E-state index contributed by atoms with van der Waals surface area (Å²) in [6.45, 7) is 12.7.